The maximum Gasteiger partial charge on any atom is 0.254 e. The monoisotopic (exact) mass is 278 g/mol. The minimum absolute atomic E-state index is 0.133. The molecule has 2 heterocycles. The van der Waals surface area contributed by atoms with Crippen molar-refractivity contribution in [3.8, 4) is 0 Å². The summed E-state index contributed by atoms with van der Waals surface area (Å²) >= 11 is 0. The van der Waals surface area contributed by atoms with Crippen molar-refractivity contribution >= 4 is 5.91 Å². The summed E-state index contributed by atoms with van der Waals surface area (Å²) in [6.45, 7) is 4.76. The lowest BCUT2D eigenvalue weighted by atomic mass is 10.2. The van der Waals surface area contributed by atoms with Crippen molar-refractivity contribution in [2.24, 2.45) is 0 Å². The van der Waals surface area contributed by atoms with Gasteiger partial charge in [-0.05, 0) is 24.1 Å². The molecular weight excluding hydrogens is 259 g/mol. The molecule has 0 N–H and O–H groups in total. The van der Waals surface area contributed by atoms with Crippen LogP contribution in [0.3, 0.4) is 0 Å². The van der Waals surface area contributed by atoms with Gasteiger partial charge in [-0.15, -0.1) is 0 Å². The molecule has 2 saturated heterocycles. The number of carbonyl (C=O) groups is 1. The number of nitrogens with zero attached hydrogens (tertiary/aromatic N) is 2. The predicted molar refractivity (Wildman–Crippen MR) is 72.6 cm³/mol. The summed E-state index contributed by atoms with van der Waals surface area (Å²) in [6, 6.07) is 6.63. The highest BCUT2D eigenvalue weighted by Crippen LogP contribution is 2.15. The Morgan fingerprint density at radius 3 is 2.65 bits per heavy atom. The van der Waals surface area contributed by atoms with Crippen LogP contribution in [0.1, 0.15) is 12.0 Å². The molecule has 1 aromatic carbocycles. The Bertz CT molecular complexity index is 473. The summed E-state index contributed by atoms with van der Waals surface area (Å²) in [6.07, 6.45) is 0.790. The molecule has 1 aromatic rings. The first-order valence-electron chi connectivity index (χ1n) is 7.09. The number of ether oxygens (including phenoxy) is 1. The van der Waals surface area contributed by atoms with Gasteiger partial charge in [-0.3, -0.25) is 9.69 Å². The average Bonchev–Trinajstić information content (AvgIpc) is 3.27. The summed E-state index contributed by atoms with van der Waals surface area (Å²) in [5.74, 6) is -0.0700. The lowest BCUT2D eigenvalue weighted by Gasteiger charge is -2.21. The molecule has 1 atom stereocenters. The molecule has 108 valence electrons. The minimum Gasteiger partial charge on any atom is -0.363 e. The van der Waals surface area contributed by atoms with Crippen LogP contribution in [0.4, 0.5) is 4.39 Å². The Labute approximate surface area is 118 Å². The average molecular weight is 278 g/mol. The number of benzene rings is 1. The first-order valence-corrected chi connectivity index (χ1v) is 7.09. The summed E-state index contributed by atoms with van der Waals surface area (Å²) in [4.78, 5) is 16.2. The first kappa shape index (κ1) is 13.5. The summed E-state index contributed by atoms with van der Waals surface area (Å²) in [7, 11) is 0. The van der Waals surface area contributed by atoms with Gasteiger partial charge in [-0.2, -0.15) is 0 Å². The number of carbonyl (C=O) groups excluding carboxylic acids is 1. The molecule has 2 aliphatic rings. The maximum atomic E-state index is 12.9. The Balaban J connectivity index is 1.54. The molecule has 2 aliphatic heterocycles. The third-order valence-corrected chi connectivity index (χ3v) is 3.83. The van der Waals surface area contributed by atoms with E-state index in [4.69, 9.17) is 4.74 Å². The Kier molecular flexibility index (Phi) is 3.98. The number of hydrogen-bond acceptors (Lipinski definition) is 3. The second kappa shape index (κ2) is 5.89. The lowest BCUT2D eigenvalue weighted by Crippen LogP contribution is -2.37. The quantitative estimate of drug-likeness (QED) is 0.781. The number of halogens is 1. The van der Waals surface area contributed by atoms with Gasteiger partial charge >= 0.3 is 0 Å². The molecule has 20 heavy (non-hydrogen) atoms. The van der Waals surface area contributed by atoms with E-state index < -0.39 is 0 Å². The molecule has 4 nitrogen and oxygen atoms in total. The second-order valence-electron chi connectivity index (χ2n) is 5.40. The fourth-order valence-corrected chi connectivity index (χ4v) is 2.59. The Morgan fingerprint density at radius 1 is 1.20 bits per heavy atom. The van der Waals surface area contributed by atoms with Crippen molar-refractivity contribution in [3.63, 3.8) is 0 Å². The van der Waals surface area contributed by atoms with Crippen molar-refractivity contribution in [2.45, 2.75) is 19.1 Å². The van der Waals surface area contributed by atoms with Crippen LogP contribution in [-0.4, -0.2) is 54.6 Å². The zero-order chi connectivity index (χ0) is 13.9. The molecule has 5 heteroatoms. The van der Waals surface area contributed by atoms with Gasteiger partial charge in [0.1, 0.15) is 5.82 Å². The van der Waals surface area contributed by atoms with E-state index in [2.05, 4.69) is 4.90 Å². The van der Waals surface area contributed by atoms with E-state index in [1.807, 2.05) is 17.0 Å². The van der Waals surface area contributed by atoms with Crippen LogP contribution in [0.2, 0.25) is 0 Å². The number of hydrogen-bond donors (Lipinski definition) is 0. The van der Waals surface area contributed by atoms with E-state index >= 15 is 0 Å². The van der Waals surface area contributed by atoms with Gasteiger partial charge in [0.25, 0.3) is 5.91 Å². The molecule has 0 saturated carbocycles. The SMILES string of the molecule is O=C(C1CO1)N1CCCN(Cc2ccc(F)cc2)CC1. The molecule has 3 rings (SSSR count). The van der Waals surface area contributed by atoms with Crippen molar-refractivity contribution in [1.29, 1.82) is 0 Å². The molecule has 0 aromatic heterocycles. The van der Waals surface area contributed by atoms with Crippen LogP contribution < -0.4 is 0 Å². The predicted octanol–water partition coefficient (Wildman–Crippen LogP) is 1.26. The van der Waals surface area contributed by atoms with E-state index in [0.717, 1.165) is 44.7 Å². The number of rotatable bonds is 3. The minimum atomic E-state index is -0.203. The first-order chi connectivity index (χ1) is 9.72. The van der Waals surface area contributed by atoms with Crippen molar-refractivity contribution in [1.82, 2.24) is 9.80 Å². The van der Waals surface area contributed by atoms with Crippen molar-refractivity contribution in [2.75, 3.05) is 32.8 Å². The van der Waals surface area contributed by atoms with Gasteiger partial charge in [-0.1, -0.05) is 12.1 Å². The molecule has 0 radical (unpaired) electrons. The van der Waals surface area contributed by atoms with Gasteiger partial charge in [-0.25, -0.2) is 4.39 Å². The van der Waals surface area contributed by atoms with E-state index in [1.54, 1.807) is 0 Å². The molecule has 1 amide bonds. The van der Waals surface area contributed by atoms with Crippen molar-refractivity contribution < 1.29 is 13.9 Å². The van der Waals surface area contributed by atoms with E-state index in [0.29, 0.717) is 6.61 Å². The highest BCUT2D eigenvalue weighted by Gasteiger charge is 2.35. The fraction of sp³-hybridized carbons (Fsp3) is 0.533. The Hall–Kier alpha value is -1.46. The normalized spacial score (nSPS) is 23.4. The molecule has 0 spiro atoms. The van der Waals surface area contributed by atoms with Crippen LogP contribution in [0, 0.1) is 5.82 Å². The highest BCUT2D eigenvalue weighted by molar-refractivity contribution is 5.83. The zero-order valence-electron chi connectivity index (χ0n) is 11.4. The van der Waals surface area contributed by atoms with Gasteiger partial charge < -0.3 is 9.64 Å². The number of amides is 1. The maximum absolute atomic E-state index is 12.9. The van der Waals surface area contributed by atoms with Crippen LogP contribution in [0.15, 0.2) is 24.3 Å². The van der Waals surface area contributed by atoms with Crippen LogP contribution in [0.5, 0.6) is 0 Å². The van der Waals surface area contributed by atoms with E-state index in [9.17, 15) is 9.18 Å². The summed E-state index contributed by atoms with van der Waals surface area (Å²) in [5.41, 5.74) is 1.11. The topological polar surface area (TPSA) is 36.1 Å². The molecule has 1 unspecified atom stereocenters. The van der Waals surface area contributed by atoms with E-state index in [-0.39, 0.29) is 17.8 Å². The molecule has 0 aliphatic carbocycles. The smallest absolute Gasteiger partial charge is 0.254 e. The standard InChI is InChI=1S/C15H19FN2O2/c16-13-4-2-12(3-5-13)10-17-6-1-7-18(9-8-17)15(19)14-11-20-14/h2-5,14H,1,6-11H2. The van der Waals surface area contributed by atoms with Crippen molar-refractivity contribution in [3.05, 3.63) is 35.6 Å². The summed E-state index contributed by atoms with van der Waals surface area (Å²) in [5, 5.41) is 0. The molecular formula is C15H19FN2O2. The second-order valence-corrected chi connectivity index (χ2v) is 5.40. The molecule has 0 bridgehead atoms. The van der Waals surface area contributed by atoms with Crippen LogP contribution in [-0.2, 0) is 16.1 Å². The Morgan fingerprint density at radius 2 is 1.95 bits per heavy atom. The summed E-state index contributed by atoms with van der Waals surface area (Å²) < 4.78 is 17.9. The van der Waals surface area contributed by atoms with Gasteiger partial charge in [0.2, 0.25) is 0 Å². The van der Waals surface area contributed by atoms with Gasteiger partial charge in [0, 0.05) is 32.7 Å². The fourth-order valence-electron chi connectivity index (χ4n) is 2.59. The van der Waals surface area contributed by atoms with Gasteiger partial charge in [0.15, 0.2) is 6.10 Å². The molecule has 2 fully saturated rings. The third kappa shape index (κ3) is 3.35. The van der Waals surface area contributed by atoms with Gasteiger partial charge in [0.05, 0.1) is 6.61 Å². The zero-order valence-corrected chi connectivity index (χ0v) is 11.4. The van der Waals surface area contributed by atoms with E-state index in [1.165, 1.54) is 12.1 Å². The largest absolute Gasteiger partial charge is 0.363 e. The van der Waals surface area contributed by atoms with Crippen LogP contribution >= 0.6 is 0 Å². The third-order valence-electron chi connectivity index (χ3n) is 3.83. The number of epoxide rings is 1. The lowest BCUT2D eigenvalue weighted by molar-refractivity contribution is -0.132. The highest BCUT2D eigenvalue weighted by atomic mass is 19.1. The van der Waals surface area contributed by atoms with Crippen LogP contribution in [0.25, 0.3) is 0 Å².